The number of Topliss-reactive ketones (excluding diaryl/α,β-unsaturated/α-hetero) is 1. The van der Waals surface area contributed by atoms with E-state index in [0.29, 0.717) is 18.7 Å². The Bertz CT molecular complexity index is 483. The molecule has 1 amide bonds. The molecule has 4 heteroatoms. The zero-order valence-electron chi connectivity index (χ0n) is 10.8. The van der Waals surface area contributed by atoms with Crippen molar-refractivity contribution in [3.63, 3.8) is 0 Å². The number of fused-ring (bicyclic) bond motifs is 1. The van der Waals surface area contributed by atoms with Gasteiger partial charge in [-0.3, -0.25) is 9.59 Å². The van der Waals surface area contributed by atoms with E-state index in [4.69, 9.17) is 0 Å². The third kappa shape index (κ3) is 2.16. The fourth-order valence-corrected chi connectivity index (χ4v) is 2.25. The highest BCUT2D eigenvalue weighted by Gasteiger charge is 2.36. The van der Waals surface area contributed by atoms with Crippen LogP contribution in [0.15, 0.2) is 18.2 Å². The molecule has 2 rings (SSSR count). The lowest BCUT2D eigenvalue weighted by Gasteiger charge is -2.18. The molecular formula is C14H18N2O2. The van der Waals surface area contributed by atoms with Crippen LogP contribution in [0.4, 0.5) is 5.69 Å². The number of nitrogens with one attached hydrogen (secondary N) is 1. The van der Waals surface area contributed by atoms with Gasteiger partial charge in [0.2, 0.25) is 0 Å². The minimum absolute atomic E-state index is 0.385. The SMILES string of the molecule is CCCNCCN1C(=O)C(=O)c2cccc(C)c21. The number of carbonyl (C=O) groups excluding carboxylic acids is 2. The number of nitrogens with zero attached hydrogens (tertiary/aromatic N) is 1. The van der Waals surface area contributed by atoms with E-state index in [0.717, 1.165) is 24.2 Å². The third-order valence-electron chi connectivity index (χ3n) is 3.13. The number of amides is 1. The Labute approximate surface area is 107 Å². The molecule has 0 saturated carbocycles. The van der Waals surface area contributed by atoms with Crippen LogP contribution in [0.1, 0.15) is 29.3 Å². The summed E-state index contributed by atoms with van der Waals surface area (Å²) < 4.78 is 0. The van der Waals surface area contributed by atoms with Gasteiger partial charge in [-0.1, -0.05) is 19.1 Å². The molecule has 1 aromatic carbocycles. The molecule has 1 aliphatic heterocycles. The van der Waals surface area contributed by atoms with Crippen LogP contribution < -0.4 is 10.2 Å². The van der Waals surface area contributed by atoms with E-state index in [2.05, 4.69) is 12.2 Å². The predicted molar refractivity (Wildman–Crippen MR) is 71.0 cm³/mol. The Morgan fingerprint density at radius 3 is 2.72 bits per heavy atom. The van der Waals surface area contributed by atoms with Gasteiger partial charge in [0, 0.05) is 13.1 Å². The van der Waals surface area contributed by atoms with Crippen molar-refractivity contribution >= 4 is 17.4 Å². The van der Waals surface area contributed by atoms with Crippen LogP contribution in [0.2, 0.25) is 0 Å². The van der Waals surface area contributed by atoms with Gasteiger partial charge in [-0.05, 0) is 31.5 Å². The molecule has 18 heavy (non-hydrogen) atoms. The molecule has 4 nitrogen and oxygen atoms in total. The number of hydrogen-bond donors (Lipinski definition) is 1. The third-order valence-corrected chi connectivity index (χ3v) is 3.13. The van der Waals surface area contributed by atoms with Crippen molar-refractivity contribution in [3.05, 3.63) is 29.3 Å². The van der Waals surface area contributed by atoms with Crippen molar-refractivity contribution in [2.75, 3.05) is 24.5 Å². The van der Waals surface area contributed by atoms with E-state index < -0.39 is 5.91 Å². The van der Waals surface area contributed by atoms with E-state index in [-0.39, 0.29) is 5.78 Å². The molecule has 1 aliphatic rings. The number of anilines is 1. The molecule has 96 valence electrons. The van der Waals surface area contributed by atoms with Crippen molar-refractivity contribution in [1.29, 1.82) is 0 Å². The van der Waals surface area contributed by atoms with Crippen molar-refractivity contribution in [2.24, 2.45) is 0 Å². The van der Waals surface area contributed by atoms with E-state index in [1.54, 1.807) is 11.0 Å². The fourth-order valence-electron chi connectivity index (χ4n) is 2.25. The Balaban J connectivity index is 2.17. The molecule has 0 aliphatic carbocycles. The number of hydrogen-bond acceptors (Lipinski definition) is 3. The van der Waals surface area contributed by atoms with Crippen LogP contribution in [-0.4, -0.2) is 31.3 Å². The summed E-state index contributed by atoms with van der Waals surface area (Å²) in [4.78, 5) is 25.4. The first-order chi connectivity index (χ1) is 8.66. The Hall–Kier alpha value is -1.68. The first-order valence-corrected chi connectivity index (χ1v) is 6.33. The second-order valence-corrected chi connectivity index (χ2v) is 4.51. The molecule has 1 heterocycles. The molecular weight excluding hydrogens is 228 g/mol. The van der Waals surface area contributed by atoms with Crippen molar-refractivity contribution in [1.82, 2.24) is 5.32 Å². The number of ketones is 1. The van der Waals surface area contributed by atoms with Gasteiger partial charge in [0.05, 0.1) is 11.3 Å². The van der Waals surface area contributed by atoms with Crippen LogP contribution in [0.25, 0.3) is 0 Å². The maximum Gasteiger partial charge on any atom is 0.299 e. The van der Waals surface area contributed by atoms with Gasteiger partial charge in [0.25, 0.3) is 11.7 Å². The van der Waals surface area contributed by atoms with E-state index in [1.165, 1.54) is 0 Å². The molecule has 0 unspecified atom stereocenters. The van der Waals surface area contributed by atoms with Crippen molar-refractivity contribution in [3.8, 4) is 0 Å². The number of para-hydroxylation sites is 1. The average Bonchev–Trinajstić information content (AvgIpc) is 2.61. The van der Waals surface area contributed by atoms with Crippen molar-refractivity contribution < 1.29 is 9.59 Å². The molecule has 1 N–H and O–H groups in total. The summed E-state index contributed by atoms with van der Waals surface area (Å²) in [6.07, 6.45) is 1.06. The fraction of sp³-hybridized carbons (Fsp3) is 0.429. The molecule has 0 spiro atoms. The zero-order chi connectivity index (χ0) is 13.1. The van der Waals surface area contributed by atoms with Crippen LogP contribution in [0.5, 0.6) is 0 Å². The molecule has 0 saturated heterocycles. The largest absolute Gasteiger partial charge is 0.315 e. The molecule has 0 atom stereocenters. The summed E-state index contributed by atoms with van der Waals surface area (Å²) >= 11 is 0. The van der Waals surface area contributed by atoms with Crippen LogP contribution in [0.3, 0.4) is 0 Å². The molecule has 0 radical (unpaired) electrons. The molecule has 0 fully saturated rings. The van der Waals surface area contributed by atoms with Crippen LogP contribution in [-0.2, 0) is 4.79 Å². The number of aryl methyl sites for hydroxylation is 1. The van der Waals surface area contributed by atoms with Gasteiger partial charge in [-0.15, -0.1) is 0 Å². The van der Waals surface area contributed by atoms with Gasteiger partial charge >= 0.3 is 0 Å². The minimum Gasteiger partial charge on any atom is -0.315 e. The summed E-state index contributed by atoms with van der Waals surface area (Å²) in [6.45, 7) is 6.20. The maximum atomic E-state index is 11.9. The van der Waals surface area contributed by atoms with Gasteiger partial charge in [0.15, 0.2) is 0 Å². The monoisotopic (exact) mass is 246 g/mol. The summed E-state index contributed by atoms with van der Waals surface area (Å²) in [6, 6.07) is 5.47. The quantitative estimate of drug-likeness (QED) is 0.633. The predicted octanol–water partition coefficient (Wildman–Crippen LogP) is 1.52. The topological polar surface area (TPSA) is 49.4 Å². The van der Waals surface area contributed by atoms with Gasteiger partial charge in [-0.25, -0.2) is 0 Å². The highest BCUT2D eigenvalue weighted by Crippen LogP contribution is 2.31. The second kappa shape index (κ2) is 5.31. The molecule has 1 aromatic rings. The summed E-state index contributed by atoms with van der Waals surface area (Å²) in [5.41, 5.74) is 2.29. The van der Waals surface area contributed by atoms with E-state index in [1.807, 2.05) is 19.1 Å². The summed E-state index contributed by atoms with van der Waals surface area (Å²) in [7, 11) is 0. The number of rotatable bonds is 5. The first-order valence-electron chi connectivity index (χ1n) is 6.33. The van der Waals surface area contributed by atoms with Gasteiger partial charge in [-0.2, -0.15) is 0 Å². The highest BCUT2D eigenvalue weighted by atomic mass is 16.2. The lowest BCUT2D eigenvalue weighted by Crippen LogP contribution is -2.36. The number of benzene rings is 1. The lowest BCUT2D eigenvalue weighted by molar-refractivity contribution is -0.114. The highest BCUT2D eigenvalue weighted by molar-refractivity contribution is 6.52. The Morgan fingerprint density at radius 1 is 1.22 bits per heavy atom. The molecule has 0 bridgehead atoms. The standard InChI is InChI=1S/C14H18N2O2/c1-3-7-15-8-9-16-12-10(2)5-4-6-11(12)13(17)14(16)18/h4-6,15H,3,7-9H2,1-2H3. The molecule has 0 aromatic heterocycles. The van der Waals surface area contributed by atoms with E-state index >= 15 is 0 Å². The minimum atomic E-state index is -0.405. The summed E-state index contributed by atoms with van der Waals surface area (Å²) in [5.74, 6) is -0.790. The number of carbonyl (C=O) groups is 2. The second-order valence-electron chi connectivity index (χ2n) is 4.51. The van der Waals surface area contributed by atoms with Crippen LogP contribution in [0, 0.1) is 6.92 Å². The van der Waals surface area contributed by atoms with Gasteiger partial charge in [0.1, 0.15) is 0 Å². The first kappa shape index (κ1) is 12.8. The smallest absolute Gasteiger partial charge is 0.299 e. The Morgan fingerprint density at radius 2 is 2.00 bits per heavy atom. The normalized spacial score (nSPS) is 14.2. The van der Waals surface area contributed by atoms with E-state index in [9.17, 15) is 9.59 Å². The Kier molecular flexibility index (Phi) is 3.77. The van der Waals surface area contributed by atoms with Crippen LogP contribution >= 0.6 is 0 Å². The van der Waals surface area contributed by atoms with Gasteiger partial charge < -0.3 is 10.2 Å². The van der Waals surface area contributed by atoms with Crippen molar-refractivity contribution in [2.45, 2.75) is 20.3 Å². The lowest BCUT2D eigenvalue weighted by atomic mass is 10.1. The average molecular weight is 246 g/mol. The zero-order valence-corrected chi connectivity index (χ0v) is 10.8. The maximum absolute atomic E-state index is 11.9. The summed E-state index contributed by atoms with van der Waals surface area (Å²) in [5, 5.41) is 3.24.